The van der Waals surface area contributed by atoms with Crippen LogP contribution in [-0.2, 0) is 6.54 Å². The minimum Gasteiger partial charge on any atom is -0.492 e. The fourth-order valence-electron chi connectivity index (χ4n) is 2.82. The van der Waals surface area contributed by atoms with E-state index in [0.29, 0.717) is 41.9 Å². The van der Waals surface area contributed by atoms with Crippen molar-refractivity contribution in [2.24, 2.45) is 0 Å². The summed E-state index contributed by atoms with van der Waals surface area (Å²) in [6, 6.07) is 13.1. The average molecular weight is 392 g/mol. The molecule has 0 saturated carbocycles. The van der Waals surface area contributed by atoms with Crippen molar-refractivity contribution in [3.63, 3.8) is 0 Å². The highest BCUT2D eigenvalue weighted by Crippen LogP contribution is 2.32. The van der Waals surface area contributed by atoms with Crippen molar-refractivity contribution in [2.75, 3.05) is 18.7 Å². The van der Waals surface area contributed by atoms with Crippen molar-refractivity contribution in [3.05, 3.63) is 66.0 Å². The maximum atomic E-state index is 12.4. The quantitative estimate of drug-likeness (QED) is 0.637. The Morgan fingerprint density at radius 2 is 1.90 bits per heavy atom. The highest BCUT2D eigenvalue weighted by Gasteiger charge is 2.14. The van der Waals surface area contributed by atoms with Gasteiger partial charge < -0.3 is 24.8 Å². The molecular weight excluding hydrogens is 372 g/mol. The highest BCUT2D eigenvalue weighted by atomic mass is 16.7. The molecule has 1 aliphatic heterocycles. The monoisotopic (exact) mass is 392 g/mol. The maximum absolute atomic E-state index is 12.4. The average Bonchev–Trinajstić information content (AvgIpc) is 3.22. The molecular formula is C21H20N4O4. The number of fused-ring (bicyclic) bond motifs is 1. The molecule has 0 aliphatic carbocycles. The van der Waals surface area contributed by atoms with Gasteiger partial charge in [-0.1, -0.05) is 18.2 Å². The zero-order chi connectivity index (χ0) is 20.1. The molecule has 0 atom stereocenters. The van der Waals surface area contributed by atoms with Crippen LogP contribution in [0.15, 0.2) is 54.9 Å². The molecule has 2 N–H and O–H groups in total. The van der Waals surface area contributed by atoms with Crippen molar-refractivity contribution in [2.45, 2.75) is 13.5 Å². The number of carbonyl (C=O) groups excluding carboxylic acids is 1. The molecule has 1 aliphatic rings. The number of hydrogen-bond donors (Lipinski definition) is 2. The van der Waals surface area contributed by atoms with Gasteiger partial charge in [-0.3, -0.25) is 4.79 Å². The lowest BCUT2D eigenvalue weighted by Crippen LogP contribution is -2.23. The number of ether oxygens (including phenoxy) is 3. The Kier molecular flexibility index (Phi) is 5.42. The summed E-state index contributed by atoms with van der Waals surface area (Å²) in [7, 11) is 0. The number of amides is 1. The van der Waals surface area contributed by atoms with Crippen LogP contribution >= 0.6 is 0 Å². The van der Waals surface area contributed by atoms with Crippen molar-refractivity contribution >= 4 is 17.5 Å². The van der Waals surface area contributed by atoms with E-state index in [4.69, 9.17) is 14.2 Å². The number of aromatic nitrogens is 2. The second-order valence-corrected chi connectivity index (χ2v) is 6.22. The zero-order valence-corrected chi connectivity index (χ0v) is 15.8. The van der Waals surface area contributed by atoms with E-state index in [9.17, 15) is 4.79 Å². The van der Waals surface area contributed by atoms with Crippen LogP contribution in [0.25, 0.3) is 0 Å². The number of nitrogens with zero attached hydrogens (tertiary/aromatic N) is 2. The van der Waals surface area contributed by atoms with Gasteiger partial charge in [0.1, 0.15) is 5.75 Å². The van der Waals surface area contributed by atoms with E-state index in [0.717, 1.165) is 11.3 Å². The smallest absolute Gasteiger partial charge is 0.254 e. The predicted molar refractivity (Wildman–Crippen MR) is 107 cm³/mol. The molecule has 0 saturated heterocycles. The largest absolute Gasteiger partial charge is 0.492 e. The minimum absolute atomic E-state index is 0.220. The lowest BCUT2D eigenvalue weighted by molar-refractivity contribution is 0.0950. The number of rotatable bonds is 7. The van der Waals surface area contributed by atoms with Gasteiger partial charge in [-0.05, 0) is 36.8 Å². The van der Waals surface area contributed by atoms with Crippen LogP contribution in [0.2, 0.25) is 0 Å². The first-order valence-corrected chi connectivity index (χ1v) is 9.20. The fourth-order valence-corrected chi connectivity index (χ4v) is 2.82. The van der Waals surface area contributed by atoms with Crippen LogP contribution in [0.4, 0.5) is 11.6 Å². The number of anilines is 2. The number of para-hydroxylation sites is 2. The Hall–Kier alpha value is -3.81. The summed E-state index contributed by atoms with van der Waals surface area (Å²) >= 11 is 0. The summed E-state index contributed by atoms with van der Waals surface area (Å²) in [6.07, 6.45) is 2.96. The SMILES string of the molecule is CCOc1ccccc1Nc1ncc(C(=O)NCc2ccc3c(c2)OCO3)cn1. The molecule has 0 bridgehead atoms. The summed E-state index contributed by atoms with van der Waals surface area (Å²) < 4.78 is 16.2. The first-order valence-electron chi connectivity index (χ1n) is 9.20. The summed E-state index contributed by atoms with van der Waals surface area (Å²) in [4.78, 5) is 20.8. The zero-order valence-electron chi connectivity index (χ0n) is 15.8. The Morgan fingerprint density at radius 1 is 1.10 bits per heavy atom. The molecule has 1 aromatic heterocycles. The number of carbonyl (C=O) groups is 1. The second kappa shape index (κ2) is 8.47. The van der Waals surface area contributed by atoms with Gasteiger partial charge in [0, 0.05) is 18.9 Å². The lowest BCUT2D eigenvalue weighted by Gasteiger charge is -2.11. The highest BCUT2D eigenvalue weighted by molar-refractivity contribution is 5.93. The van der Waals surface area contributed by atoms with Crippen molar-refractivity contribution in [3.8, 4) is 17.2 Å². The second-order valence-electron chi connectivity index (χ2n) is 6.22. The van der Waals surface area contributed by atoms with Gasteiger partial charge in [-0.15, -0.1) is 0 Å². The molecule has 4 rings (SSSR count). The first kappa shape index (κ1) is 18.5. The van der Waals surface area contributed by atoms with E-state index in [1.54, 1.807) is 0 Å². The molecule has 0 radical (unpaired) electrons. The van der Waals surface area contributed by atoms with Gasteiger partial charge in [0.25, 0.3) is 5.91 Å². The molecule has 0 fully saturated rings. The molecule has 8 nitrogen and oxygen atoms in total. The van der Waals surface area contributed by atoms with Crippen molar-refractivity contribution in [1.29, 1.82) is 0 Å². The van der Waals surface area contributed by atoms with Crippen molar-refractivity contribution in [1.82, 2.24) is 15.3 Å². The number of hydrogen-bond acceptors (Lipinski definition) is 7. The van der Waals surface area contributed by atoms with Crippen LogP contribution in [0, 0.1) is 0 Å². The molecule has 3 aromatic rings. The molecule has 1 amide bonds. The molecule has 0 spiro atoms. The Morgan fingerprint density at radius 3 is 2.72 bits per heavy atom. The Labute approximate surface area is 167 Å². The van der Waals surface area contributed by atoms with Crippen LogP contribution < -0.4 is 24.8 Å². The van der Waals surface area contributed by atoms with Gasteiger partial charge in [-0.2, -0.15) is 0 Å². The molecule has 148 valence electrons. The van der Waals surface area contributed by atoms with E-state index in [1.165, 1.54) is 12.4 Å². The third kappa shape index (κ3) is 4.37. The molecule has 2 aromatic carbocycles. The third-order valence-electron chi connectivity index (χ3n) is 4.24. The number of nitrogens with one attached hydrogen (secondary N) is 2. The number of benzene rings is 2. The van der Waals surface area contributed by atoms with Crippen LogP contribution in [0.1, 0.15) is 22.8 Å². The minimum atomic E-state index is -0.260. The lowest BCUT2D eigenvalue weighted by atomic mass is 10.2. The molecule has 0 unspecified atom stereocenters. The first-order chi connectivity index (χ1) is 14.2. The van der Waals surface area contributed by atoms with E-state index < -0.39 is 0 Å². The standard InChI is InChI=1S/C21H20N4O4/c1-2-27-17-6-4-3-5-16(17)25-21-23-11-15(12-24-21)20(26)22-10-14-7-8-18-19(9-14)29-13-28-18/h3-9,11-12H,2,10,13H2,1H3,(H,22,26)(H,23,24,25). The van der Waals surface area contributed by atoms with Crippen molar-refractivity contribution < 1.29 is 19.0 Å². The van der Waals surface area contributed by atoms with E-state index in [1.807, 2.05) is 49.4 Å². The third-order valence-corrected chi connectivity index (χ3v) is 4.24. The van der Waals surface area contributed by atoms with E-state index in [2.05, 4.69) is 20.6 Å². The molecule has 29 heavy (non-hydrogen) atoms. The van der Waals surface area contributed by atoms with E-state index >= 15 is 0 Å². The summed E-state index contributed by atoms with van der Waals surface area (Å²) in [5, 5.41) is 5.95. The van der Waals surface area contributed by atoms with Gasteiger partial charge in [0.15, 0.2) is 11.5 Å². The topological polar surface area (TPSA) is 94.6 Å². The van der Waals surface area contributed by atoms with Gasteiger partial charge in [0.2, 0.25) is 12.7 Å². The summed E-state index contributed by atoms with van der Waals surface area (Å²) in [6.45, 7) is 3.06. The molecule has 2 heterocycles. The van der Waals surface area contributed by atoms with Crippen LogP contribution in [0.3, 0.4) is 0 Å². The Bertz CT molecular complexity index is 1010. The van der Waals surface area contributed by atoms with Crippen LogP contribution in [0.5, 0.6) is 17.2 Å². The normalized spacial score (nSPS) is 11.8. The maximum Gasteiger partial charge on any atom is 0.254 e. The molecule has 8 heteroatoms. The van der Waals surface area contributed by atoms with Crippen LogP contribution in [-0.4, -0.2) is 29.3 Å². The summed E-state index contributed by atoms with van der Waals surface area (Å²) in [5.41, 5.74) is 2.04. The Balaban J connectivity index is 1.37. The van der Waals surface area contributed by atoms with Gasteiger partial charge in [-0.25, -0.2) is 9.97 Å². The van der Waals surface area contributed by atoms with E-state index in [-0.39, 0.29) is 12.7 Å². The predicted octanol–water partition coefficient (Wildman–Crippen LogP) is 3.28. The van der Waals surface area contributed by atoms with Gasteiger partial charge in [0.05, 0.1) is 17.9 Å². The van der Waals surface area contributed by atoms with Gasteiger partial charge >= 0.3 is 0 Å². The summed E-state index contributed by atoms with van der Waals surface area (Å²) in [5.74, 6) is 2.22. The fraction of sp³-hybridized carbons (Fsp3) is 0.190.